The fourth-order valence-corrected chi connectivity index (χ4v) is 5.39. The molecule has 6 nitrogen and oxygen atoms in total. The van der Waals surface area contributed by atoms with E-state index < -0.39 is 6.04 Å². The molecule has 5 rings (SSSR count). The summed E-state index contributed by atoms with van der Waals surface area (Å²) in [5.41, 5.74) is 2.91. The van der Waals surface area contributed by atoms with E-state index in [1.807, 2.05) is 12.1 Å². The summed E-state index contributed by atoms with van der Waals surface area (Å²) in [4.78, 5) is 41.5. The molecule has 6 heteroatoms. The molecule has 1 spiro atoms. The third-order valence-electron chi connectivity index (χ3n) is 6.97. The van der Waals surface area contributed by atoms with Gasteiger partial charge in [-0.2, -0.15) is 0 Å². The van der Waals surface area contributed by atoms with Gasteiger partial charge in [-0.25, -0.2) is 0 Å². The molecule has 0 bridgehead atoms. The summed E-state index contributed by atoms with van der Waals surface area (Å²) < 4.78 is 0. The number of piperidine rings is 1. The molecular weight excluding hydrogens is 354 g/mol. The maximum absolute atomic E-state index is 13.0. The Bertz CT molecular complexity index is 908. The number of imide groups is 1. The van der Waals surface area contributed by atoms with Gasteiger partial charge in [-0.1, -0.05) is 19.9 Å². The summed E-state index contributed by atoms with van der Waals surface area (Å²) in [6, 6.07) is 4.75. The zero-order valence-electron chi connectivity index (χ0n) is 16.2. The largest absolute Gasteiger partial charge is 0.370 e. The number of carbonyl (C=O) groups excluding carboxylic acids is 3. The van der Waals surface area contributed by atoms with Crippen molar-refractivity contribution >= 4 is 23.4 Å². The number of anilines is 1. The number of hydrogen-bond donors (Lipinski definition) is 1. The van der Waals surface area contributed by atoms with Crippen LogP contribution in [0.15, 0.2) is 30.5 Å². The van der Waals surface area contributed by atoms with Crippen molar-refractivity contribution in [1.29, 1.82) is 0 Å². The van der Waals surface area contributed by atoms with Crippen LogP contribution in [0.4, 0.5) is 5.69 Å². The summed E-state index contributed by atoms with van der Waals surface area (Å²) >= 11 is 0. The van der Waals surface area contributed by atoms with Gasteiger partial charge in [-0.3, -0.25) is 19.3 Å². The van der Waals surface area contributed by atoms with Crippen LogP contribution in [0.2, 0.25) is 0 Å². The molecule has 4 aliphatic rings. The predicted octanol–water partition coefficient (Wildman–Crippen LogP) is 2.70. The summed E-state index contributed by atoms with van der Waals surface area (Å²) in [5, 5.41) is 2.66. The standard InChI is InChI=1S/C22H25N3O3/c1-3-14-9-22(10-14)11-24(12-22)15-5-6-16-17(8-15)21(28)25(20(16)27)18-7-4-13(2)23-19(18)26/h5-6,8,14,18H,2-4,7,9-12H2,1H3,(H,23,26). The van der Waals surface area contributed by atoms with Gasteiger partial charge in [0.2, 0.25) is 5.91 Å². The molecule has 1 atom stereocenters. The van der Waals surface area contributed by atoms with Gasteiger partial charge in [-0.15, -0.1) is 0 Å². The number of hydrogen-bond acceptors (Lipinski definition) is 4. The molecule has 3 heterocycles. The first-order valence-corrected chi connectivity index (χ1v) is 10.2. The molecule has 0 aromatic heterocycles. The van der Waals surface area contributed by atoms with Crippen LogP contribution in [0.3, 0.4) is 0 Å². The lowest BCUT2D eigenvalue weighted by atomic mass is 9.57. The van der Waals surface area contributed by atoms with Crippen LogP contribution >= 0.6 is 0 Å². The maximum atomic E-state index is 13.0. The number of fused-ring (bicyclic) bond motifs is 1. The average molecular weight is 379 g/mol. The molecule has 0 radical (unpaired) electrons. The highest BCUT2D eigenvalue weighted by Crippen LogP contribution is 2.54. The van der Waals surface area contributed by atoms with Crippen molar-refractivity contribution in [3.8, 4) is 0 Å². The number of nitrogens with one attached hydrogen (secondary N) is 1. The predicted molar refractivity (Wildman–Crippen MR) is 105 cm³/mol. The van der Waals surface area contributed by atoms with Gasteiger partial charge in [0, 0.05) is 29.9 Å². The molecular formula is C22H25N3O3. The Morgan fingerprint density at radius 3 is 2.54 bits per heavy atom. The van der Waals surface area contributed by atoms with Crippen LogP contribution in [-0.4, -0.2) is 41.8 Å². The highest BCUT2D eigenvalue weighted by molar-refractivity contribution is 6.23. The van der Waals surface area contributed by atoms with Crippen molar-refractivity contribution in [2.45, 2.75) is 45.1 Å². The summed E-state index contributed by atoms with van der Waals surface area (Å²) in [5.74, 6) is -0.192. The molecule has 3 aliphatic heterocycles. The van der Waals surface area contributed by atoms with Gasteiger partial charge in [0.1, 0.15) is 6.04 Å². The van der Waals surface area contributed by atoms with Gasteiger partial charge in [0.15, 0.2) is 0 Å². The summed E-state index contributed by atoms with van der Waals surface area (Å²) in [6.07, 6.45) is 4.87. The van der Waals surface area contributed by atoms with Gasteiger partial charge in [-0.05, 0) is 49.8 Å². The molecule has 3 amide bonds. The second-order valence-corrected chi connectivity index (χ2v) is 8.90. The molecule has 146 valence electrons. The van der Waals surface area contributed by atoms with E-state index in [4.69, 9.17) is 0 Å². The monoisotopic (exact) mass is 379 g/mol. The average Bonchev–Trinajstić information content (AvgIpc) is 2.84. The minimum absolute atomic E-state index is 0.328. The molecule has 1 aromatic carbocycles. The van der Waals surface area contributed by atoms with Gasteiger partial charge < -0.3 is 10.2 Å². The minimum atomic E-state index is -0.755. The fraction of sp³-hybridized carbons (Fsp3) is 0.500. The van der Waals surface area contributed by atoms with Crippen LogP contribution in [0, 0.1) is 11.3 Å². The zero-order chi connectivity index (χ0) is 19.6. The van der Waals surface area contributed by atoms with Gasteiger partial charge in [0.05, 0.1) is 11.1 Å². The normalized spacial score (nSPS) is 26.2. The van der Waals surface area contributed by atoms with E-state index in [1.54, 1.807) is 6.07 Å². The number of nitrogens with zero attached hydrogens (tertiary/aromatic N) is 2. The molecule has 1 unspecified atom stereocenters. The van der Waals surface area contributed by atoms with E-state index in [2.05, 4.69) is 23.7 Å². The first-order valence-electron chi connectivity index (χ1n) is 10.2. The van der Waals surface area contributed by atoms with Crippen molar-refractivity contribution in [2.24, 2.45) is 11.3 Å². The topological polar surface area (TPSA) is 69.7 Å². The summed E-state index contributed by atoms with van der Waals surface area (Å²) in [7, 11) is 0. The van der Waals surface area contributed by atoms with Crippen molar-refractivity contribution in [1.82, 2.24) is 10.2 Å². The van der Waals surface area contributed by atoms with Crippen LogP contribution in [-0.2, 0) is 4.79 Å². The Kier molecular flexibility index (Phi) is 3.70. The number of benzene rings is 1. The lowest BCUT2D eigenvalue weighted by molar-refractivity contribution is -0.125. The van der Waals surface area contributed by atoms with Crippen LogP contribution in [0.1, 0.15) is 59.7 Å². The Hall–Kier alpha value is -2.63. The third-order valence-corrected chi connectivity index (χ3v) is 6.97. The van der Waals surface area contributed by atoms with Crippen LogP contribution < -0.4 is 10.2 Å². The fourth-order valence-electron chi connectivity index (χ4n) is 5.39. The minimum Gasteiger partial charge on any atom is -0.370 e. The summed E-state index contributed by atoms with van der Waals surface area (Å²) in [6.45, 7) is 8.07. The Morgan fingerprint density at radius 1 is 1.14 bits per heavy atom. The Balaban J connectivity index is 1.34. The maximum Gasteiger partial charge on any atom is 0.262 e. The number of allylic oxidation sites excluding steroid dienone is 1. The van der Waals surface area contributed by atoms with E-state index >= 15 is 0 Å². The molecule has 28 heavy (non-hydrogen) atoms. The SMILES string of the molecule is C=C1CCC(N2C(=O)c3ccc(N4CC5(CC(CC)C5)C4)cc3C2=O)C(=O)N1. The smallest absolute Gasteiger partial charge is 0.262 e. The van der Waals surface area contributed by atoms with Crippen molar-refractivity contribution in [3.63, 3.8) is 0 Å². The van der Waals surface area contributed by atoms with E-state index in [1.165, 1.54) is 19.3 Å². The van der Waals surface area contributed by atoms with E-state index in [-0.39, 0.29) is 17.7 Å². The van der Waals surface area contributed by atoms with Gasteiger partial charge in [0.25, 0.3) is 11.8 Å². The number of amides is 3. The second kappa shape index (κ2) is 5.93. The first-order chi connectivity index (χ1) is 13.4. The molecule has 1 aromatic rings. The van der Waals surface area contributed by atoms with Crippen LogP contribution in [0.5, 0.6) is 0 Å². The van der Waals surface area contributed by atoms with Gasteiger partial charge >= 0.3 is 0 Å². The highest BCUT2D eigenvalue weighted by atomic mass is 16.2. The van der Waals surface area contributed by atoms with Crippen molar-refractivity contribution < 1.29 is 14.4 Å². The highest BCUT2D eigenvalue weighted by Gasteiger charge is 2.52. The molecule has 1 N–H and O–H groups in total. The molecule has 3 fully saturated rings. The first kappa shape index (κ1) is 17.5. The molecule has 2 saturated heterocycles. The van der Waals surface area contributed by atoms with Crippen LogP contribution in [0.25, 0.3) is 0 Å². The second-order valence-electron chi connectivity index (χ2n) is 8.90. The van der Waals surface area contributed by atoms with E-state index in [9.17, 15) is 14.4 Å². The molecule has 1 aliphatic carbocycles. The van der Waals surface area contributed by atoms with Crippen molar-refractivity contribution in [3.05, 3.63) is 41.6 Å². The quantitative estimate of drug-likeness (QED) is 0.820. The Morgan fingerprint density at radius 2 is 1.86 bits per heavy atom. The Labute approximate surface area is 164 Å². The molecule has 1 saturated carbocycles. The van der Waals surface area contributed by atoms with E-state index in [0.29, 0.717) is 35.1 Å². The lowest BCUT2D eigenvalue weighted by Crippen LogP contribution is -2.62. The number of rotatable bonds is 3. The van der Waals surface area contributed by atoms with Crippen molar-refractivity contribution in [2.75, 3.05) is 18.0 Å². The lowest BCUT2D eigenvalue weighted by Gasteiger charge is -2.60. The third kappa shape index (κ3) is 2.43. The van der Waals surface area contributed by atoms with E-state index in [0.717, 1.165) is 29.6 Å². The zero-order valence-corrected chi connectivity index (χ0v) is 16.2. The number of carbonyl (C=O) groups is 3.